The Hall–Kier alpha value is -1.72. The van der Waals surface area contributed by atoms with Crippen LogP contribution in [0.5, 0.6) is 0 Å². The summed E-state index contributed by atoms with van der Waals surface area (Å²) < 4.78 is 7.42. The van der Waals surface area contributed by atoms with Crippen LogP contribution in [0.3, 0.4) is 0 Å². The molecule has 1 N–H and O–H groups in total. The van der Waals surface area contributed by atoms with Crippen LogP contribution in [0.25, 0.3) is 0 Å². The quantitative estimate of drug-likeness (QED) is 0.901. The highest BCUT2D eigenvalue weighted by molar-refractivity contribution is 5.18. The summed E-state index contributed by atoms with van der Waals surface area (Å²) in [4.78, 5) is 0. The summed E-state index contributed by atoms with van der Waals surface area (Å²) in [5, 5.41) is 12.0. The highest BCUT2D eigenvalue weighted by Crippen LogP contribution is 2.17. The monoisotopic (exact) mass is 258 g/mol. The third-order valence-corrected chi connectivity index (χ3v) is 3.45. The minimum absolute atomic E-state index is 0.165. The molecule has 0 amide bonds. The minimum atomic E-state index is 0.165. The van der Waals surface area contributed by atoms with E-state index in [0.29, 0.717) is 6.61 Å². The van der Waals surface area contributed by atoms with Crippen LogP contribution in [0.1, 0.15) is 23.0 Å². The second kappa shape index (κ2) is 5.50. The molecular weight excluding hydrogens is 240 g/mol. The van der Waals surface area contributed by atoms with Crippen LogP contribution in [0.15, 0.2) is 30.3 Å². The summed E-state index contributed by atoms with van der Waals surface area (Å²) in [6.45, 7) is 5.13. The van der Waals surface area contributed by atoms with Gasteiger partial charge in [0.2, 0.25) is 0 Å². The summed E-state index contributed by atoms with van der Waals surface area (Å²) in [5.74, 6) is 0. The van der Waals surface area contributed by atoms with E-state index in [0.717, 1.165) is 31.1 Å². The van der Waals surface area contributed by atoms with Crippen molar-refractivity contribution in [2.45, 2.75) is 19.5 Å². The van der Waals surface area contributed by atoms with Gasteiger partial charge in [-0.1, -0.05) is 35.5 Å². The molecule has 1 aliphatic heterocycles. The number of nitrogens with zero attached hydrogens (tertiary/aromatic N) is 3. The molecule has 1 aromatic carbocycles. The van der Waals surface area contributed by atoms with Gasteiger partial charge in [0.05, 0.1) is 31.5 Å². The van der Waals surface area contributed by atoms with Gasteiger partial charge in [0, 0.05) is 6.54 Å². The topological polar surface area (TPSA) is 52.0 Å². The lowest BCUT2D eigenvalue weighted by Gasteiger charge is -2.22. The van der Waals surface area contributed by atoms with E-state index in [2.05, 4.69) is 34.7 Å². The van der Waals surface area contributed by atoms with Gasteiger partial charge >= 0.3 is 0 Å². The zero-order chi connectivity index (χ0) is 13.1. The molecule has 19 heavy (non-hydrogen) atoms. The van der Waals surface area contributed by atoms with Crippen LogP contribution in [-0.2, 0) is 11.3 Å². The number of hydrogen-bond donors (Lipinski definition) is 1. The van der Waals surface area contributed by atoms with Gasteiger partial charge in [-0.25, -0.2) is 4.68 Å². The Kier molecular flexibility index (Phi) is 3.57. The van der Waals surface area contributed by atoms with Crippen LogP contribution in [0.2, 0.25) is 0 Å². The Labute approximate surface area is 112 Å². The molecule has 1 saturated heterocycles. The van der Waals surface area contributed by atoms with E-state index >= 15 is 0 Å². The molecule has 1 fully saturated rings. The molecule has 2 heterocycles. The van der Waals surface area contributed by atoms with E-state index < -0.39 is 0 Å². The molecule has 5 heteroatoms. The molecule has 2 aromatic rings. The number of morpholine rings is 1. The first-order chi connectivity index (χ1) is 9.34. The Morgan fingerprint density at radius 1 is 1.37 bits per heavy atom. The number of rotatable bonds is 3. The van der Waals surface area contributed by atoms with Crippen molar-refractivity contribution in [2.75, 3.05) is 19.8 Å². The predicted molar refractivity (Wildman–Crippen MR) is 71.9 cm³/mol. The summed E-state index contributed by atoms with van der Waals surface area (Å²) in [6, 6.07) is 10.5. The van der Waals surface area contributed by atoms with Crippen LogP contribution < -0.4 is 5.32 Å². The molecule has 1 unspecified atom stereocenters. The van der Waals surface area contributed by atoms with Crippen LogP contribution in [0.4, 0.5) is 0 Å². The maximum Gasteiger partial charge on any atom is 0.105 e. The Morgan fingerprint density at radius 2 is 2.21 bits per heavy atom. The van der Waals surface area contributed by atoms with Gasteiger partial charge < -0.3 is 10.1 Å². The molecule has 1 aromatic heterocycles. The molecule has 1 atom stereocenters. The van der Waals surface area contributed by atoms with Gasteiger partial charge in [0.25, 0.3) is 0 Å². The molecule has 3 rings (SSSR count). The van der Waals surface area contributed by atoms with Crippen LogP contribution in [0, 0.1) is 6.92 Å². The van der Waals surface area contributed by atoms with Crippen LogP contribution in [-0.4, -0.2) is 34.8 Å². The smallest absolute Gasteiger partial charge is 0.105 e. The van der Waals surface area contributed by atoms with E-state index in [1.54, 1.807) is 0 Å². The molecule has 0 spiro atoms. The summed E-state index contributed by atoms with van der Waals surface area (Å²) >= 11 is 0. The number of aromatic nitrogens is 3. The molecule has 100 valence electrons. The lowest BCUT2D eigenvalue weighted by atomic mass is 10.1. The van der Waals surface area contributed by atoms with E-state index in [1.165, 1.54) is 5.56 Å². The average Bonchev–Trinajstić information content (AvgIpc) is 2.82. The van der Waals surface area contributed by atoms with Gasteiger partial charge in [0.15, 0.2) is 0 Å². The first-order valence-electron chi connectivity index (χ1n) is 6.59. The van der Waals surface area contributed by atoms with Crippen molar-refractivity contribution in [3.05, 3.63) is 47.3 Å². The third kappa shape index (κ3) is 2.67. The first-order valence-corrected chi connectivity index (χ1v) is 6.59. The van der Waals surface area contributed by atoms with Gasteiger partial charge in [0.1, 0.15) is 5.69 Å². The highest BCUT2D eigenvalue weighted by atomic mass is 16.5. The van der Waals surface area contributed by atoms with E-state index in [9.17, 15) is 0 Å². The third-order valence-electron chi connectivity index (χ3n) is 3.45. The maximum atomic E-state index is 5.48. The fourth-order valence-corrected chi connectivity index (χ4v) is 2.34. The van der Waals surface area contributed by atoms with Gasteiger partial charge in [-0.2, -0.15) is 0 Å². The molecule has 0 bridgehead atoms. The second-order valence-electron chi connectivity index (χ2n) is 4.78. The molecular formula is C14H18N4O. The van der Waals surface area contributed by atoms with E-state index in [1.807, 2.05) is 22.9 Å². The number of nitrogens with one attached hydrogen (secondary N) is 1. The molecule has 0 aliphatic carbocycles. The predicted octanol–water partition coefficient (Wildman–Crippen LogP) is 1.30. The normalized spacial score (nSPS) is 19.5. The zero-order valence-corrected chi connectivity index (χ0v) is 11.0. The number of hydrogen-bond acceptors (Lipinski definition) is 4. The van der Waals surface area contributed by atoms with Crippen molar-refractivity contribution in [3.8, 4) is 0 Å². The van der Waals surface area contributed by atoms with Crippen molar-refractivity contribution < 1.29 is 4.74 Å². The van der Waals surface area contributed by atoms with Crippen LogP contribution >= 0.6 is 0 Å². The summed E-state index contributed by atoms with van der Waals surface area (Å²) in [6.07, 6.45) is 0. The van der Waals surface area contributed by atoms with Crippen molar-refractivity contribution >= 4 is 0 Å². The van der Waals surface area contributed by atoms with Gasteiger partial charge in [-0.3, -0.25) is 0 Å². The molecule has 0 radical (unpaired) electrons. The van der Waals surface area contributed by atoms with E-state index in [-0.39, 0.29) is 6.04 Å². The fourth-order valence-electron chi connectivity index (χ4n) is 2.34. The number of benzene rings is 1. The largest absolute Gasteiger partial charge is 0.378 e. The highest BCUT2D eigenvalue weighted by Gasteiger charge is 2.21. The Balaban J connectivity index is 1.78. The van der Waals surface area contributed by atoms with Crippen molar-refractivity contribution in [2.24, 2.45) is 0 Å². The SMILES string of the molecule is Cc1c(C2COCCN2)nnn1Cc1ccccc1. The van der Waals surface area contributed by atoms with Crippen molar-refractivity contribution in [1.29, 1.82) is 0 Å². The minimum Gasteiger partial charge on any atom is -0.378 e. The lowest BCUT2D eigenvalue weighted by Crippen LogP contribution is -2.35. The lowest BCUT2D eigenvalue weighted by molar-refractivity contribution is 0.0754. The average molecular weight is 258 g/mol. The molecule has 1 aliphatic rings. The van der Waals surface area contributed by atoms with Gasteiger partial charge in [-0.05, 0) is 12.5 Å². The Bertz CT molecular complexity index is 532. The fraction of sp³-hybridized carbons (Fsp3) is 0.429. The van der Waals surface area contributed by atoms with Gasteiger partial charge in [-0.15, -0.1) is 5.10 Å². The summed E-state index contributed by atoms with van der Waals surface area (Å²) in [5.41, 5.74) is 3.33. The first kappa shape index (κ1) is 12.3. The number of ether oxygens (including phenoxy) is 1. The molecule has 5 nitrogen and oxygen atoms in total. The van der Waals surface area contributed by atoms with Crippen molar-refractivity contribution in [1.82, 2.24) is 20.3 Å². The standard InChI is InChI=1S/C14H18N4O/c1-11-14(13-10-19-8-7-15-13)16-17-18(11)9-12-5-3-2-4-6-12/h2-6,13,15H,7-10H2,1H3. The van der Waals surface area contributed by atoms with Crippen molar-refractivity contribution in [3.63, 3.8) is 0 Å². The van der Waals surface area contributed by atoms with E-state index in [4.69, 9.17) is 4.74 Å². The molecule has 0 saturated carbocycles. The zero-order valence-electron chi connectivity index (χ0n) is 11.0. The summed E-state index contributed by atoms with van der Waals surface area (Å²) in [7, 11) is 0. The second-order valence-corrected chi connectivity index (χ2v) is 4.78. The maximum absolute atomic E-state index is 5.48. The Morgan fingerprint density at radius 3 is 2.95 bits per heavy atom.